The predicted octanol–water partition coefficient (Wildman–Crippen LogP) is 8.99. The molecule has 2 fully saturated rings. The molecule has 1 aromatic heterocycles. The third-order valence-electron chi connectivity index (χ3n) is 8.89. The van der Waals surface area contributed by atoms with Crippen molar-refractivity contribution in [2.24, 2.45) is 0 Å². The van der Waals surface area contributed by atoms with Gasteiger partial charge in [-0.05, 0) is 71.3 Å². The summed E-state index contributed by atoms with van der Waals surface area (Å²) in [6.07, 6.45) is 8.83. The number of carbonyl (C=O) groups is 1. The van der Waals surface area contributed by atoms with Gasteiger partial charge in [-0.25, -0.2) is 14.0 Å². The quantitative estimate of drug-likeness (QED) is 0.183. The summed E-state index contributed by atoms with van der Waals surface area (Å²) >= 11 is 19.4. The Bertz CT molecular complexity index is 2050. The van der Waals surface area contributed by atoms with Gasteiger partial charge in [0.05, 0.1) is 21.4 Å². The highest BCUT2D eigenvalue weighted by atomic mass is 35.5. The lowest BCUT2D eigenvalue weighted by Gasteiger charge is -2.22. The number of hydrogen-bond donors (Lipinski definition) is 1. The van der Waals surface area contributed by atoms with E-state index in [0.717, 1.165) is 15.4 Å². The summed E-state index contributed by atoms with van der Waals surface area (Å²) in [6.45, 7) is -0.292. The van der Waals surface area contributed by atoms with Crippen LogP contribution in [0, 0.1) is 0 Å². The summed E-state index contributed by atoms with van der Waals surface area (Å²) in [5, 5.41) is 1.13. The van der Waals surface area contributed by atoms with E-state index < -0.39 is 16.1 Å². The van der Waals surface area contributed by atoms with Crippen molar-refractivity contribution in [1.82, 2.24) is 14.3 Å². The average molecular weight is 706 g/mol. The molecule has 1 N–H and O–H groups in total. The summed E-state index contributed by atoms with van der Waals surface area (Å²) in [5.41, 5.74) is 6.86. The number of imidazole rings is 1. The van der Waals surface area contributed by atoms with Crippen LogP contribution in [0.1, 0.15) is 55.0 Å². The molecule has 0 spiro atoms. The monoisotopic (exact) mass is 704 g/mol. The molecule has 1 amide bonds. The second-order valence-electron chi connectivity index (χ2n) is 12.0. The predicted molar refractivity (Wildman–Crippen MR) is 189 cm³/mol. The molecule has 0 unspecified atom stereocenters. The minimum absolute atomic E-state index is 0.292. The molecule has 1 saturated carbocycles. The standard InChI is InChI=1S/C36H31Cl3N4O3S/c37-28-18-31(38)36(32(39)19-28)33-21-42(29-7-4-8-30(20-29)43-22-35(44)41-47(43,45)46)34(40-33)17-23-9-11-25(12-10-23)27-15-13-26(14-16-27)24-5-2-1-3-6-24/h4,7-16,18-21,24H,1-3,5-6,17,22H2,(H,41,44). The summed E-state index contributed by atoms with van der Waals surface area (Å²) < 4.78 is 30.1. The maximum absolute atomic E-state index is 12.6. The Morgan fingerprint density at radius 1 is 0.809 bits per heavy atom. The van der Waals surface area contributed by atoms with Gasteiger partial charge in [0.15, 0.2) is 0 Å². The lowest BCUT2D eigenvalue weighted by Crippen LogP contribution is -2.29. The lowest BCUT2D eigenvalue weighted by molar-refractivity contribution is -0.117. The summed E-state index contributed by atoms with van der Waals surface area (Å²) in [4.78, 5) is 16.9. The average Bonchev–Trinajstić information content (AvgIpc) is 3.59. The van der Waals surface area contributed by atoms with Crippen molar-refractivity contribution in [1.29, 1.82) is 0 Å². The lowest BCUT2D eigenvalue weighted by atomic mass is 9.83. The largest absolute Gasteiger partial charge is 0.326 e. The van der Waals surface area contributed by atoms with Gasteiger partial charge in [-0.3, -0.25) is 4.79 Å². The molecule has 2 aliphatic rings. The number of hydrogen-bond acceptors (Lipinski definition) is 4. The molecule has 0 bridgehead atoms. The highest BCUT2D eigenvalue weighted by Crippen LogP contribution is 2.38. The molecule has 7 rings (SSSR count). The van der Waals surface area contributed by atoms with E-state index in [2.05, 4.69) is 48.5 Å². The zero-order valence-corrected chi connectivity index (χ0v) is 28.4. The Kier molecular flexibility index (Phi) is 8.78. The van der Waals surface area contributed by atoms with Crippen LogP contribution < -0.4 is 9.03 Å². The zero-order chi connectivity index (χ0) is 32.7. The number of nitrogens with zero attached hydrogens (tertiary/aromatic N) is 3. The van der Waals surface area contributed by atoms with Crippen LogP contribution in [0.3, 0.4) is 0 Å². The first kappa shape index (κ1) is 31.8. The van der Waals surface area contributed by atoms with Crippen molar-refractivity contribution < 1.29 is 13.2 Å². The van der Waals surface area contributed by atoms with E-state index in [0.29, 0.717) is 55.9 Å². The van der Waals surface area contributed by atoms with Crippen molar-refractivity contribution in [3.63, 3.8) is 0 Å². The van der Waals surface area contributed by atoms with Crippen LogP contribution in [0.4, 0.5) is 5.69 Å². The van der Waals surface area contributed by atoms with Gasteiger partial charge in [-0.2, -0.15) is 8.42 Å². The zero-order valence-electron chi connectivity index (χ0n) is 25.3. The van der Waals surface area contributed by atoms with Crippen molar-refractivity contribution in [3.05, 3.63) is 123 Å². The van der Waals surface area contributed by atoms with Crippen LogP contribution in [0.2, 0.25) is 15.1 Å². The third-order valence-corrected chi connectivity index (χ3v) is 11.1. The SMILES string of the molecule is O=C1CN(c2cccc(-n3cc(-c4c(Cl)cc(Cl)cc4Cl)nc3Cc3ccc(-c4ccc(C5CCCCC5)cc4)cc3)c2)S(=O)(=O)N1. The van der Waals surface area contributed by atoms with Gasteiger partial charge in [-0.15, -0.1) is 0 Å². The number of nitrogens with one attached hydrogen (secondary N) is 1. The topological polar surface area (TPSA) is 84.3 Å². The van der Waals surface area contributed by atoms with E-state index in [9.17, 15) is 13.2 Å². The second kappa shape index (κ2) is 13.0. The second-order valence-corrected chi connectivity index (χ2v) is 14.9. The first-order valence-electron chi connectivity index (χ1n) is 15.5. The normalized spacial score (nSPS) is 16.4. The summed E-state index contributed by atoms with van der Waals surface area (Å²) in [5.74, 6) is 0.769. The first-order chi connectivity index (χ1) is 22.6. The highest BCUT2D eigenvalue weighted by molar-refractivity contribution is 7.92. The maximum Gasteiger partial charge on any atom is 0.326 e. The van der Waals surface area contributed by atoms with Gasteiger partial charge in [0, 0.05) is 28.9 Å². The van der Waals surface area contributed by atoms with Crippen molar-refractivity contribution in [2.75, 3.05) is 10.8 Å². The smallest absolute Gasteiger partial charge is 0.303 e. The Balaban J connectivity index is 1.22. The summed E-state index contributed by atoms with van der Waals surface area (Å²) in [6, 6.07) is 27.6. The Hall–Kier alpha value is -3.82. The van der Waals surface area contributed by atoms with E-state index in [1.165, 1.54) is 43.2 Å². The Morgan fingerprint density at radius 3 is 2.09 bits per heavy atom. The van der Waals surface area contributed by atoms with Gasteiger partial charge in [-0.1, -0.05) is 109 Å². The van der Waals surface area contributed by atoms with Crippen molar-refractivity contribution >= 4 is 56.6 Å². The molecular weight excluding hydrogens is 675 g/mol. The van der Waals surface area contributed by atoms with Crippen LogP contribution >= 0.6 is 34.8 Å². The molecule has 11 heteroatoms. The van der Waals surface area contributed by atoms with Gasteiger partial charge >= 0.3 is 10.2 Å². The van der Waals surface area contributed by atoms with Crippen LogP contribution in [0.15, 0.2) is 91.1 Å². The minimum Gasteiger partial charge on any atom is -0.303 e. The van der Waals surface area contributed by atoms with Crippen molar-refractivity contribution in [2.45, 2.75) is 44.4 Å². The van der Waals surface area contributed by atoms with Gasteiger partial charge < -0.3 is 4.57 Å². The Labute approximate surface area is 289 Å². The molecule has 5 aromatic rings. The van der Waals surface area contributed by atoms with Crippen LogP contribution in [-0.4, -0.2) is 30.4 Å². The molecule has 240 valence electrons. The number of carbonyl (C=O) groups excluding carboxylic acids is 1. The Morgan fingerprint density at radius 2 is 1.45 bits per heavy atom. The molecule has 4 aromatic carbocycles. The molecule has 2 heterocycles. The molecule has 0 atom stereocenters. The first-order valence-corrected chi connectivity index (χ1v) is 18.1. The fourth-order valence-electron chi connectivity index (χ4n) is 6.53. The number of anilines is 1. The van der Waals surface area contributed by atoms with E-state index in [-0.39, 0.29) is 6.54 Å². The molecule has 0 radical (unpaired) electrons. The molecular formula is C36H31Cl3N4O3S. The van der Waals surface area contributed by atoms with Gasteiger partial charge in [0.1, 0.15) is 12.4 Å². The number of rotatable bonds is 7. The highest BCUT2D eigenvalue weighted by Gasteiger charge is 2.34. The number of benzene rings is 4. The maximum atomic E-state index is 12.6. The van der Waals surface area contributed by atoms with E-state index in [1.54, 1.807) is 30.3 Å². The fourth-order valence-corrected chi connectivity index (χ4v) is 8.68. The fraction of sp³-hybridized carbons (Fsp3) is 0.222. The van der Waals surface area contributed by atoms with Gasteiger partial charge in [0.2, 0.25) is 0 Å². The minimum atomic E-state index is -3.97. The van der Waals surface area contributed by atoms with E-state index in [1.807, 2.05) is 21.6 Å². The van der Waals surface area contributed by atoms with E-state index in [4.69, 9.17) is 39.8 Å². The molecule has 1 saturated heterocycles. The van der Waals surface area contributed by atoms with Crippen LogP contribution in [0.5, 0.6) is 0 Å². The summed E-state index contributed by atoms with van der Waals surface area (Å²) in [7, 11) is -3.97. The number of amides is 1. The van der Waals surface area contributed by atoms with Crippen LogP contribution in [-0.2, 0) is 21.4 Å². The van der Waals surface area contributed by atoms with Gasteiger partial charge in [0.25, 0.3) is 5.91 Å². The molecule has 1 aliphatic carbocycles. The molecule has 7 nitrogen and oxygen atoms in total. The van der Waals surface area contributed by atoms with Crippen LogP contribution in [0.25, 0.3) is 28.1 Å². The van der Waals surface area contributed by atoms with E-state index >= 15 is 0 Å². The number of aromatic nitrogens is 2. The molecule has 1 aliphatic heterocycles. The number of halogens is 3. The third kappa shape index (κ3) is 6.65. The van der Waals surface area contributed by atoms with Crippen molar-refractivity contribution in [3.8, 4) is 28.1 Å². The molecule has 47 heavy (non-hydrogen) atoms.